The van der Waals surface area contributed by atoms with Crippen LogP contribution in [-0.4, -0.2) is 29.0 Å². The Balaban J connectivity index is 2.06. The molecule has 7 heteroatoms. The molecule has 0 aliphatic heterocycles. The van der Waals surface area contributed by atoms with Gasteiger partial charge in [-0.3, -0.25) is 4.90 Å². The van der Waals surface area contributed by atoms with Crippen LogP contribution in [0.15, 0.2) is 18.2 Å². The Hall–Kier alpha value is -1.37. The van der Waals surface area contributed by atoms with Gasteiger partial charge in [0.1, 0.15) is 5.75 Å². The van der Waals surface area contributed by atoms with Crippen LogP contribution in [0.1, 0.15) is 36.8 Å². The highest BCUT2D eigenvalue weighted by atomic mass is 19.4. The van der Waals surface area contributed by atoms with Gasteiger partial charge in [-0.1, -0.05) is 0 Å². The van der Waals surface area contributed by atoms with Crippen LogP contribution in [0.4, 0.5) is 22.0 Å². The summed E-state index contributed by atoms with van der Waals surface area (Å²) in [5, 5.41) is 9.43. The molecule has 22 heavy (non-hydrogen) atoms. The standard InChI is InChI=1S/C15H18F5NO/c1-21(12-2-4-14(16,17)5-3-12)9-10-6-11(15(18,19)20)8-13(22)7-10/h6-8,12,22H,2-5,9H2,1H3. The molecule has 2 rings (SSSR count). The highest BCUT2D eigenvalue weighted by Crippen LogP contribution is 2.36. The van der Waals surface area contributed by atoms with Crippen molar-refractivity contribution in [2.75, 3.05) is 7.05 Å². The molecule has 0 unspecified atom stereocenters. The summed E-state index contributed by atoms with van der Waals surface area (Å²) < 4.78 is 64.4. The van der Waals surface area contributed by atoms with Gasteiger partial charge in [0.25, 0.3) is 0 Å². The second-order valence-corrected chi connectivity index (χ2v) is 5.89. The van der Waals surface area contributed by atoms with Crippen LogP contribution in [0.25, 0.3) is 0 Å². The average molecular weight is 323 g/mol. The van der Waals surface area contributed by atoms with E-state index in [0.717, 1.165) is 6.07 Å². The second kappa shape index (κ2) is 6.02. The van der Waals surface area contributed by atoms with Gasteiger partial charge in [-0.15, -0.1) is 0 Å². The lowest BCUT2D eigenvalue weighted by Gasteiger charge is -2.34. The summed E-state index contributed by atoms with van der Waals surface area (Å²) in [5.41, 5.74) is -0.599. The Bertz CT molecular complexity index is 519. The van der Waals surface area contributed by atoms with E-state index in [-0.39, 0.29) is 25.4 Å². The van der Waals surface area contributed by atoms with E-state index in [2.05, 4.69) is 0 Å². The van der Waals surface area contributed by atoms with Crippen molar-refractivity contribution in [1.82, 2.24) is 4.90 Å². The SMILES string of the molecule is CN(Cc1cc(O)cc(C(F)(F)F)c1)C1CCC(F)(F)CC1. The van der Waals surface area contributed by atoms with Crippen molar-refractivity contribution in [3.8, 4) is 5.75 Å². The van der Waals surface area contributed by atoms with Crippen LogP contribution in [0.3, 0.4) is 0 Å². The van der Waals surface area contributed by atoms with E-state index in [4.69, 9.17) is 0 Å². The highest BCUT2D eigenvalue weighted by Gasteiger charge is 2.36. The fourth-order valence-corrected chi connectivity index (χ4v) is 2.81. The number of phenolic OH excluding ortho intramolecular Hbond substituents is 1. The topological polar surface area (TPSA) is 23.5 Å². The lowest BCUT2D eigenvalue weighted by molar-refractivity contribution is -0.137. The number of nitrogens with zero attached hydrogens (tertiary/aromatic N) is 1. The molecule has 1 N–H and O–H groups in total. The number of benzene rings is 1. The molecule has 0 aromatic heterocycles. The van der Waals surface area contributed by atoms with Gasteiger partial charge in [0, 0.05) is 25.4 Å². The predicted molar refractivity (Wildman–Crippen MR) is 71.8 cm³/mol. The summed E-state index contributed by atoms with van der Waals surface area (Å²) in [6.07, 6.45) is -4.30. The Kier molecular flexibility index (Phi) is 4.65. The van der Waals surface area contributed by atoms with E-state index < -0.39 is 23.4 Å². The van der Waals surface area contributed by atoms with Crippen molar-refractivity contribution < 1.29 is 27.1 Å². The molecule has 1 aromatic carbocycles. The van der Waals surface area contributed by atoms with E-state index in [0.29, 0.717) is 24.5 Å². The third-order valence-corrected chi connectivity index (χ3v) is 4.05. The molecule has 1 aliphatic carbocycles. The number of hydrogen-bond donors (Lipinski definition) is 1. The molecule has 0 atom stereocenters. The number of hydrogen-bond acceptors (Lipinski definition) is 2. The van der Waals surface area contributed by atoms with Crippen LogP contribution in [0.2, 0.25) is 0 Å². The van der Waals surface area contributed by atoms with Gasteiger partial charge in [0.05, 0.1) is 5.56 Å². The number of rotatable bonds is 3. The largest absolute Gasteiger partial charge is 0.508 e. The lowest BCUT2D eigenvalue weighted by Crippen LogP contribution is -2.38. The number of phenols is 1. The molecule has 2 nitrogen and oxygen atoms in total. The van der Waals surface area contributed by atoms with Crippen molar-refractivity contribution >= 4 is 0 Å². The monoisotopic (exact) mass is 323 g/mol. The first-order chi connectivity index (χ1) is 10.1. The summed E-state index contributed by atoms with van der Waals surface area (Å²) in [5.74, 6) is -3.08. The van der Waals surface area contributed by atoms with Gasteiger partial charge < -0.3 is 5.11 Å². The van der Waals surface area contributed by atoms with E-state index in [9.17, 15) is 27.1 Å². The predicted octanol–water partition coefficient (Wildman–Crippen LogP) is 4.42. The van der Waals surface area contributed by atoms with Crippen molar-refractivity contribution in [3.05, 3.63) is 29.3 Å². The second-order valence-electron chi connectivity index (χ2n) is 5.89. The first-order valence-electron chi connectivity index (χ1n) is 7.05. The van der Waals surface area contributed by atoms with Crippen LogP contribution in [0, 0.1) is 0 Å². The molecule has 1 aliphatic rings. The minimum atomic E-state index is -4.53. The fourth-order valence-electron chi connectivity index (χ4n) is 2.81. The van der Waals surface area contributed by atoms with Gasteiger partial charge >= 0.3 is 6.18 Å². The molecule has 1 aromatic rings. The van der Waals surface area contributed by atoms with E-state index in [1.165, 1.54) is 6.07 Å². The molecule has 0 amide bonds. The van der Waals surface area contributed by atoms with Crippen LogP contribution < -0.4 is 0 Å². The molecular weight excluding hydrogens is 305 g/mol. The van der Waals surface area contributed by atoms with Crippen molar-refractivity contribution in [1.29, 1.82) is 0 Å². The maximum absolute atomic E-state index is 13.1. The summed E-state index contributed by atoms with van der Waals surface area (Å²) in [4.78, 5) is 1.77. The third kappa shape index (κ3) is 4.32. The first-order valence-corrected chi connectivity index (χ1v) is 7.05. The summed E-state index contributed by atoms with van der Waals surface area (Å²) in [6.45, 7) is 0.174. The minimum absolute atomic E-state index is 0.0867. The minimum Gasteiger partial charge on any atom is -0.508 e. The Morgan fingerprint density at radius 3 is 2.32 bits per heavy atom. The molecular formula is C15H18F5NO. The van der Waals surface area contributed by atoms with Crippen molar-refractivity contribution in [2.45, 2.75) is 50.4 Å². The molecule has 1 fully saturated rings. The van der Waals surface area contributed by atoms with Crippen LogP contribution in [-0.2, 0) is 12.7 Å². The Morgan fingerprint density at radius 2 is 1.77 bits per heavy atom. The average Bonchev–Trinajstić information content (AvgIpc) is 2.36. The fraction of sp³-hybridized carbons (Fsp3) is 0.600. The Labute approximate surface area is 125 Å². The smallest absolute Gasteiger partial charge is 0.416 e. The molecule has 0 heterocycles. The maximum Gasteiger partial charge on any atom is 0.416 e. The number of alkyl halides is 5. The summed E-state index contributed by atoms with van der Waals surface area (Å²) in [7, 11) is 1.70. The van der Waals surface area contributed by atoms with Gasteiger partial charge in [0.2, 0.25) is 5.92 Å². The molecule has 0 spiro atoms. The van der Waals surface area contributed by atoms with Gasteiger partial charge in [0.15, 0.2) is 0 Å². The highest BCUT2D eigenvalue weighted by molar-refractivity contribution is 5.35. The lowest BCUT2D eigenvalue weighted by atomic mass is 9.91. The quantitative estimate of drug-likeness (QED) is 0.832. The Morgan fingerprint density at radius 1 is 1.18 bits per heavy atom. The summed E-state index contributed by atoms with van der Waals surface area (Å²) in [6, 6.07) is 2.83. The molecule has 0 bridgehead atoms. The van der Waals surface area contributed by atoms with E-state index in [1.807, 2.05) is 0 Å². The zero-order valence-corrected chi connectivity index (χ0v) is 12.1. The molecule has 0 radical (unpaired) electrons. The van der Waals surface area contributed by atoms with Crippen LogP contribution in [0.5, 0.6) is 5.75 Å². The zero-order valence-electron chi connectivity index (χ0n) is 12.1. The van der Waals surface area contributed by atoms with Gasteiger partial charge in [-0.05, 0) is 43.7 Å². The third-order valence-electron chi connectivity index (χ3n) is 4.05. The summed E-state index contributed by atoms with van der Waals surface area (Å²) >= 11 is 0. The number of aromatic hydroxyl groups is 1. The molecule has 0 saturated heterocycles. The van der Waals surface area contributed by atoms with Gasteiger partial charge in [-0.2, -0.15) is 13.2 Å². The maximum atomic E-state index is 13.1. The number of halogens is 5. The van der Waals surface area contributed by atoms with Gasteiger partial charge in [-0.25, -0.2) is 8.78 Å². The molecule has 1 saturated carbocycles. The zero-order chi connectivity index (χ0) is 16.5. The normalized spacial score (nSPS) is 19.6. The van der Waals surface area contributed by atoms with Crippen molar-refractivity contribution in [2.24, 2.45) is 0 Å². The first kappa shape index (κ1) is 17.0. The molecule has 124 valence electrons. The van der Waals surface area contributed by atoms with E-state index in [1.54, 1.807) is 11.9 Å². The van der Waals surface area contributed by atoms with E-state index >= 15 is 0 Å². The van der Waals surface area contributed by atoms with Crippen LogP contribution >= 0.6 is 0 Å². The van der Waals surface area contributed by atoms with Crippen molar-refractivity contribution in [3.63, 3.8) is 0 Å².